The molecule has 2 nitrogen and oxygen atoms in total. The Bertz CT molecular complexity index is 357. The molecule has 0 bridgehead atoms. The van der Waals surface area contributed by atoms with Crippen molar-refractivity contribution in [3.63, 3.8) is 0 Å². The van der Waals surface area contributed by atoms with E-state index in [-0.39, 0.29) is 0 Å². The lowest BCUT2D eigenvalue weighted by Gasteiger charge is -2.36. The molecule has 2 rings (SSSR count). The predicted molar refractivity (Wildman–Crippen MR) is 73.7 cm³/mol. The van der Waals surface area contributed by atoms with Crippen LogP contribution in [0.15, 0.2) is 24.3 Å². The Morgan fingerprint density at radius 1 is 1.29 bits per heavy atom. The molecule has 0 amide bonds. The minimum absolute atomic E-state index is 0.595. The zero-order valence-corrected chi connectivity index (χ0v) is 11.4. The van der Waals surface area contributed by atoms with Crippen LogP contribution in [0.25, 0.3) is 0 Å². The summed E-state index contributed by atoms with van der Waals surface area (Å²) in [5.41, 5.74) is 1.33. The van der Waals surface area contributed by atoms with Crippen LogP contribution in [0.4, 0.5) is 0 Å². The van der Waals surface area contributed by atoms with E-state index >= 15 is 0 Å². The lowest BCUT2D eigenvalue weighted by Crippen LogP contribution is -2.54. The van der Waals surface area contributed by atoms with Crippen LogP contribution in [0.3, 0.4) is 0 Å². The quantitative estimate of drug-likeness (QED) is 0.890. The molecule has 2 unspecified atom stereocenters. The maximum Gasteiger partial charge on any atom is 0.0408 e. The van der Waals surface area contributed by atoms with Gasteiger partial charge in [0, 0.05) is 36.7 Å². The number of halogens is 1. The molecule has 17 heavy (non-hydrogen) atoms. The van der Waals surface area contributed by atoms with E-state index in [1.54, 1.807) is 0 Å². The maximum atomic E-state index is 5.99. The van der Waals surface area contributed by atoms with Crippen molar-refractivity contribution in [2.24, 2.45) is 0 Å². The van der Waals surface area contributed by atoms with E-state index in [2.05, 4.69) is 36.2 Å². The van der Waals surface area contributed by atoms with Gasteiger partial charge in [-0.25, -0.2) is 0 Å². The number of piperazine rings is 1. The highest BCUT2D eigenvalue weighted by Gasteiger charge is 2.20. The highest BCUT2D eigenvalue weighted by atomic mass is 35.5. The average Bonchev–Trinajstić information content (AvgIpc) is 2.25. The molecule has 1 N–H and O–H groups in total. The van der Waals surface area contributed by atoms with Gasteiger partial charge < -0.3 is 5.32 Å². The second kappa shape index (κ2) is 5.85. The zero-order valence-electron chi connectivity index (χ0n) is 10.6. The SMILES string of the molecule is CC1CN(CCc2cccc(Cl)c2)CC(C)N1. The standard InChI is InChI=1S/C14H21ClN2/c1-11-9-17(10-12(2)16-11)7-6-13-4-3-5-14(15)8-13/h3-5,8,11-12,16H,6-7,9-10H2,1-2H3. The third-order valence-corrected chi connectivity index (χ3v) is 3.47. The molecule has 0 aromatic heterocycles. The van der Waals surface area contributed by atoms with Gasteiger partial charge in [-0.15, -0.1) is 0 Å². The highest BCUT2D eigenvalue weighted by Crippen LogP contribution is 2.12. The highest BCUT2D eigenvalue weighted by molar-refractivity contribution is 6.30. The summed E-state index contributed by atoms with van der Waals surface area (Å²) in [6.45, 7) is 7.91. The van der Waals surface area contributed by atoms with Crippen molar-refractivity contribution in [3.05, 3.63) is 34.9 Å². The van der Waals surface area contributed by atoms with E-state index in [0.29, 0.717) is 12.1 Å². The molecule has 0 saturated carbocycles. The first-order valence-corrected chi connectivity index (χ1v) is 6.74. The first-order valence-electron chi connectivity index (χ1n) is 6.36. The number of nitrogens with one attached hydrogen (secondary N) is 1. The van der Waals surface area contributed by atoms with Crippen molar-refractivity contribution >= 4 is 11.6 Å². The summed E-state index contributed by atoms with van der Waals surface area (Å²) in [7, 11) is 0. The average molecular weight is 253 g/mol. The van der Waals surface area contributed by atoms with Gasteiger partial charge in [-0.2, -0.15) is 0 Å². The third kappa shape index (κ3) is 3.98. The molecule has 0 radical (unpaired) electrons. The van der Waals surface area contributed by atoms with Crippen LogP contribution in [0.5, 0.6) is 0 Å². The molecular formula is C14H21ClN2. The van der Waals surface area contributed by atoms with Gasteiger partial charge in [-0.05, 0) is 38.0 Å². The summed E-state index contributed by atoms with van der Waals surface area (Å²) in [6.07, 6.45) is 1.08. The summed E-state index contributed by atoms with van der Waals surface area (Å²) in [5.74, 6) is 0. The zero-order chi connectivity index (χ0) is 12.3. The number of hydrogen-bond acceptors (Lipinski definition) is 2. The smallest absolute Gasteiger partial charge is 0.0408 e. The summed E-state index contributed by atoms with van der Waals surface area (Å²) in [6, 6.07) is 9.37. The molecule has 3 heteroatoms. The van der Waals surface area contributed by atoms with Gasteiger partial charge in [-0.1, -0.05) is 23.7 Å². The van der Waals surface area contributed by atoms with Crippen LogP contribution in [0.2, 0.25) is 5.02 Å². The van der Waals surface area contributed by atoms with E-state index < -0.39 is 0 Å². The number of rotatable bonds is 3. The minimum Gasteiger partial charge on any atom is -0.309 e. The largest absolute Gasteiger partial charge is 0.309 e. The Labute approximate surface area is 109 Å². The molecule has 0 spiro atoms. The molecule has 0 aliphatic carbocycles. The molecule has 1 aromatic carbocycles. The van der Waals surface area contributed by atoms with Crippen molar-refractivity contribution in [3.8, 4) is 0 Å². The third-order valence-electron chi connectivity index (χ3n) is 3.24. The van der Waals surface area contributed by atoms with Gasteiger partial charge in [-0.3, -0.25) is 4.90 Å². The minimum atomic E-state index is 0.595. The van der Waals surface area contributed by atoms with Gasteiger partial charge >= 0.3 is 0 Å². The Morgan fingerprint density at radius 3 is 2.65 bits per heavy atom. The van der Waals surface area contributed by atoms with E-state index in [0.717, 1.165) is 31.1 Å². The fourth-order valence-electron chi connectivity index (χ4n) is 2.60. The summed E-state index contributed by atoms with van der Waals surface area (Å²) in [5, 5.41) is 4.39. The molecule has 1 heterocycles. The second-order valence-corrected chi connectivity index (χ2v) is 5.54. The first kappa shape index (κ1) is 12.9. The number of benzene rings is 1. The van der Waals surface area contributed by atoms with Crippen molar-refractivity contribution in [2.45, 2.75) is 32.4 Å². The summed E-state index contributed by atoms with van der Waals surface area (Å²) in [4.78, 5) is 2.53. The van der Waals surface area contributed by atoms with Gasteiger partial charge in [0.05, 0.1) is 0 Å². The van der Waals surface area contributed by atoms with Crippen molar-refractivity contribution in [1.82, 2.24) is 10.2 Å². The molecule has 1 fully saturated rings. The van der Waals surface area contributed by atoms with Gasteiger partial charge in [0.25, 0.3) is 0 Å². The molecule has 94 valence electrons. The lowest BCUT2D eigenvalue weighted by molar-refractivity contribution is 0.175. The number of hydrogen-bond donors (Lipinski definition) is 1. The van der Waals surface area contributed by atoms with Crippen molar-refractivity contribution < 1.29 is 0 Å². The monoisotopic (exact) mass is 252 g/mol. The first-order chi connectivity index (χ1) is 8.13. The number of nitrogens with zero attached hydrogens (tertiary/aromatic N) is 1. The fourth-order valence-corrected chi connectivity index (χ4v) is 2.82. The van der Waals surface area contributed by atoms with E-state index in [1.807, 2.05) is 12.1 Å². The van der Waals surface area contributed by atoms with Crippen LogP contribution in [0.1, 0.15) is 19.4 Å². The van der Waals surface area contributed by atoms with Crippen molar-refractivity contribution in [2.75, 3.05) is 19.6 Å². The molecular weight excluding hydrogens is 232 g/mol. The Hall–Kier alpha value is -0.570. The fraction of sp³-hybridized carbons (Fsp3) is 0.571. The summed E-state index contributed by atoms with van der Waals surface area (Å²) >= 11 is 5.99. The van der Waals surface area contributed by atoms with Crippen LogP contribution >= 0.6 is 11.6 Å². The Morgan fingerprint density at radius 2 is 2.00 bits per heavy atom. The Kier molecular flexibility index (Phi) is 4.43. The van der Waals surface area contributed by atoms with Gasteiger partial charge in [0.1, 0.15) is 0 Å². The van der Waals surface area contributed by atoms with Crippen molar-refractivity contribution in [1.29, 1.82) is 0 Å². The van der Waals surface area contributed by atoms with Gasteiger partial charge in [0.2, 0.25) is 0 Å². The van der Waals surface area contributed by atoms with Crippen LogP contribution in [-0.4, -0.2) is 36.6 Å². The molecule has 1 aliphatic heterocycles. The Balaban J connectivity index is 1.85. The van der Waals surface area contributed by atoms with Crippen LogP contribution < -0.4 is 5.32 Å². The lowest BCUT2D eigenvalue weighted by atomic mass is 10.1. The molecule has 1 aromatic rings. The molecule has 2 atom stereocenters. The second-order valence-electron chi connectivity index (χ2n) is 5.11. The van der Waals surface area contributed by atoms with E-state index in [9.17, 15) is 0 Å². The van der Waals surface area contributed by atoms with E-state index in [1.165, 1.54) is 5.56 Å². The molecule has 1 saturated heterocycles. The normalized spacial score (nSPS) is 26.1. The van der Waals surface area contributed by atoms with Gasteiger partial charge in [0.15, 0.2) is 0 Å². The van der Waals surface area contributed by atoms with E-state index in [4.69, 9.17) is 11.6 Å². The summed E-state index contributed by atoms with van der Waals surface area (Å²) < 4.78 is 0. The maximum absolute atomic E-state index is 5.99. The van der Waals surface area contributed by atoms with Crippen LogP contribution in [-0.2, 0) is 6.42 Å². The predicted octanol–water partition coefficient (Wildman–Crippen LogP) is 2.56. The topological polar surface area (TPSA) is 15.3 Å². The molecule has 1 aliphatic rings. The van der Waals surface area contributed by atoms with Crippen LogP contribution in [0, 0.1) is 0 Å².